The smallest absolute Gasteiger partial charge is 0.141 e. The van der Waals surface area contributed by atoms with Crippen molar-refractivity contribution >= 4 is 5.78 Å². The molecular formula is C20H34O3. The van der Waals surface area contributed by atoms with Gasteiger partial charge in [0.05, 0.1) is 11.7 Å². The molecule has 2 N–H and O–H groups in total. The van der Waals surface area contributed by atoms with E-state index in [0.29, 0.717) is 0 Å². The molecule has 0 amide bonds. The number of hydrogen-bond donors (Lipinski definition) is 2. The van der Waals surface area contributed by atoms with E-state index in [9.17, 15) is 15.0 Å². The van der Waals surface area contributed by atoms with Crippen LogP contribution in [0.25, 0.3) is 0 Å². The van der Waals surface area contributed by atoms with Crippen LogP contribution in [0.1, 0.15) is 60.8 Å². The fourth-order valence-electron chi connectivity index (χ4n) is 3.63. The Balaban J connectivity index is 2.92. The van der Waals surface area contributed by atoms with E-state index in [4.69, 9.17) is 0 Å². The van der Waals surface area contributed by atoms with Crippen molar-refractivity contribution in [3.8, 4) is 0 Å². The molecule has 1 aliphatic rings. The second-order valence-corrected chi connectivity index (χ2v) is 7.33. The van der Waals surface area contributed by atoms with Crippen LogP contribution >= 0.6 is 0 Å². The van der Waals surface area contributed by atoms with Gasteiger partial charge in [-0.2, -0.15) is 0 Å². The Labute approximate surface area is 141 Å². The molecule has 0 bridgehead atoms. The van der Waals surface area contributed by atoms with Gasteiger partial charge in [0, 0.05) is 17.8 Å². The fraction of sp³-hybridized carbons (Fsp3) is 0.750. The van der Waals surface area contributed by atoms with Gasteiger partial charge in [-0.15, -0.1) is 0 Å². The Hall–Kier alpha value is -0.930. The molecular weight excluding hydrogens is 288 g/mol. The number of rotatable bonds is 6. The Kier molecular flexibility index (Phi) is 7.22. The largest absolute Gasteiger partial charge is 0.393 e. The minimum atomic E-state index is -1.08. The van der Waals surface area contributed by atoms with E-state index < -0.39 is 5.60 Å². The number of allylic oxidation sites excluding steroid dienone is 2. The van der Waals surface area contributed by atoms with Crippen molar-refractivity contribution in [1.29, 1.82) is 0 Å². The van der Waals surface area contributed by atoms with Crippen molar-refractivity contribution in [2.75, 3.05) is 0 Å². The second kappa shape index (κ2) is 8.25. The molecule has 0 radical (unpaired) electrons. The maximum absolute atomic E-state index is 12.4. The van der Waals surface area contributed by atoms with Crippen LogP contribution in [0, 0.1) is 23.7 Å². The lowest BCUT2D eigenvalue weighted by molar-refractivity contribution is -0.143. The average molecular weight is 322 g/mol. The summed E-state index contributed by atoms with van der Waals surface area (Å²) in [7, 11) is 0. The summed E-state index contributed by atoms with van der Waals surface area (Å²) in [5, 5.41) is 20.9. The molecule has 0 aromatic rings. The number of carbonyl (C=O) groups is 1. The van der Waals surface area contributed by atoms with Crippen LogP contribution in [-0.4, -0.2) is 27.7 Å². The van der Waals surface area contributed by atoms with Crippen molar-refractivity contribution in [2.45, 2.75) is 72.5 Å². The summed E-state index contributed by atoms with van der Waals surface area (Å²) in [6.07, 6.45) is 7.67. The van der Waals surface area contributed by atoms with Crippen LogP contribution in [-0.2, 0) is 4.79 Å². The SMILES string of the molecule is CC[C@@H]1C[C@H](C)[C@@](O)(/C=C/C(C)=C/[C@@H](C)[C@@H](O)CC)[C@@H](C)C1=O. The molecule has 132 valence electrons. The molecule has 1 rings (SSSR count). The summed E-state index contributed by atoms with van der Waals surface area (Å²) < 4.78 is 0. The molecule has 1 aliphatic carbocycles. The first-order valence-electron chi connectivity index (χ1n) is 8.99. The Morgan fingerprint density at radius 1 is 1.39 bits per heavy atom. The van der Waals surface area contributed by atoms with Crippen LogP contribution in [0.2, 0.25) is 0 Å². The number of hydrogen-bond acceptors (Lipinski definition) is 3. The van der Waals surface area contributed by atoms with Gasteiger partial charge in [0.25, 0.3) is 0 Å². The normalized spacial score (nSPS) is 35.6. The van der Waals surface area contributed by atoms with Crippen molar-refractivity contribution in [2.24, 2.45) is 23.7 Å². The van der Waals surface area contributed by atoms with Gasteiger partial charge in [-0.1, -0.05) is 58.4 Å². The number of ketones is 1. The molecule has 0 saturated heterocycles. The van der Waals surface area contributed by atoms with Gasteiger partial charge in [0.2, 0.25) is 0 Å². The van der Waals surface area contributed by atoms with E-state index >= 15 is 0 Å². The molecule has 0 aromatic carbocycles. The molecule has 1 saturated carbocycles. The third-order valence-corrected chi connectivity index (χ3v) is 5.61. The van der Waals surface area contributed by atoms with Crippen LogP contribution in [0.4, 0.5) is 0 Å². The first-order chi connectivity index (χ1) is 10.7. The fourth-order valence-corrected chi connectivity index (χ4v) is 3.63. The zero-order valence-corrected chi connectivity index (χ0v) is 15.5. The number of aliphatic hydroxyl groups excluding tert-OH is 1. The lowest BCUT2D eigenvalue weighted by Gasteiger charge is -2.43. The van der Waals surface area contributed by atoms with Gasteiger partial charge in [0.1, 0.15) is 5.78 Å². The zero-order chi connectivity index (χ0) is 17.8. The Morgan fingerprint density at radius 2 is 2.00 bits per heavy atom. The summed E-state index contributed by atoms with van der Waals surface area (Å²) in [4.78, 5) is 12.4. The third-order valence-electron chi connectivity index (χ3n) is 5.61. The second-order valence-electron chi connectivity index (χ2n) is 7.33. The van der Waals surface area contributed by atoms with Crippen LogP contribution in [0.15, 0.2) is 23.8 Å². The summed E-state index contributed by atoms with van der Waals surface area (Å²) in [6, 6.07) is 0. The minimum absolute atomic E-state index is 0.0582. The van der Waals surface area contributed by atoms with E-state index in [2.05, 4.69) is 0 Å². The summed E-state index contributed by atoms with van der Waals surface area (Å²) in [5.74, 6) is 0.00699. The number of carbonyl (C=O) groups excluding carboxylic acids is 1. The lowest BCUT2D eigenvalue weighted by Crippen LogP contribution is -2.51. The van der Waals surface area contributed by atoms with Crippen LogP contribution in [0.3, 0.4) is 0 Å². The highest BCUT2D eigenvalue weighted by Gasteiger charge is 2.47. The Morgan fingerprint density at radius 3 is 2.52 bits per heavy atom. The lowest BCUT2D eigenvalue weighted by atomic mass is 9.64. The average Bonchev–Trinajstić information content (AvgIpc) is 2.53. The predicted octanol–water partition coefficient (Wildman–Crippen LogP) is 3.90. The molecule has 23 heavy (non-hydrogen) atoms. The van der Waals surface area contributed by atoms with E-state index in [1.807, 2.05) is 53.7 Å². The molecule has 0 aliphatic heterocycles. The van der Waals surface area contributed by atoms with Crippen LogP contribution < -0.4 is 0 Å². The van der Waals surface area contributed by atoms with Crippen molar-refractivity contribution in [3.63, 3.8) is 0 Å². The monoisotopic (exact) mass is 322 g/mol. The molecule has 1 fully saturated rings. The van der Waals surface area contributed by atoms with Gasteiger partial charge in [-0.25, -0.2) is 0 Å². The minimum Gasteiger partial charge on any atom is -0.393 e. The van der Waals surface area contributed by atoms with E-state index in [0.717, 1.165) is 24.8 Å². The summed E-state index contributed by atoms with van der Waals surface area (Å²) in [6.45, 7) is 11.8. The summed E-state index contributed by atoms with van der Waals surface area (Å²) in [5.41, 5.74) is -0.0762. The van der Waals surface area contributed by atoms with Gasteiger partial charge in [-0.3, -0.25) is 4.79 Å². The molecule has 3 nitrogen and oxygen atoms in total. The Bertz CT molecular complexity index is 466. The molecule has 3 heteroatoms. The van der Waals surface area contributed by atoms with Crippen molar-refractivity contribution in [3.05, 3.63) is 23.8 Å². The van der Waals surface area contributed by atoms with Gasteiger partial charge in [0.15, 0.2) is 0 Å². The van der Waals surface area contributed by atoms with Crippen molar-refractivity contribution < 1.29 is 15.0 Å². The molecule has 0 aromatic heterocycles. The predicted molar refractivity (Wildman–Crippen MR) is 95.0 cm³/mol. The maximum Gasteiger partial charge on any atom is 0.141 e. The van der Waals surface area contributed by atoms with E-state index in [1.54, 1.807) is 6.08 Å². The highest BCUT2D eigenvalue weighted by molar-refractivity contribution is 5.85. The highest BCUT2D eigenvalue weighted by Crippen LogP contribution is 2.41. The maximum atomic E-state index is 12.4. The zero-order valence-electron chi connectivity index (χ0n) is 15.5. The topological polar surface area (TPSA) is 57.5 Å². The van der Waals surface area contributed by atoms with Crippen molar-refractivity contribution in [1.82, 2.24) is 0 Å². The van der Waals surface area contributed by atoms with Gasteiger partial charge in [-0.05, 0) is 32.1 Å². The molecule has 0 spiro atoms. The molecule has 0 unspecified atom stereocenters. The highest BCUT2D eigenvalue weighted by atomic mass is 16.3. The van der Waals surface area contributed by atoms with Gasteiger partial charge < -0.3 is 10.2 Å². The third kappa shape index (κ3) is 4.54. The number of Topliss-reactive ketones (excluding diaryl/α,β-unsaturated/α-hetero) is 1. The standard InChI is InChI=1S/C20H34O3/c1-7-17-12-15(5)20(23,16(6)19(17)22)10-9-13(3)11-14(4)18(21)8-2/h9-11,14-18,21,23H,7-8,12H2,1-6H3/b10-9+,13-11+/t14-,15+,16+,17-,18+,20+/m1/s1. The van der Waals surface area contributed by atoms with Crippen LogP contribution in [0.5, 0.6) is 0 Å². The summed E-state index contributed by atoms with van der Waals surface area (Å²) >= 11 is 0. The van der Waals surface area contributed by atoms with Gasteiger partial charge >= 0.3 is 0 Å². The molecule has 0 heterocycles. The first-order valence-corrected chi connectivity index (χ1v) is 8.99. The van der Waals surface area contributed by atoms with E-state index in [-0.39, 0.29) is 35.6 Å². The molecule has 6 atom stereocenters. The first kappa shape index (κ1) is 20.1. The van der Waals surface area contributed by atoms with E-state index in [1.165, 1.54) is 0 Å². The number of aliphatic hydroxyl groups is 2. The quantitative estimate of drug-likeness (QED) is 0.729.